The first-order valence-corrected chi connectivity index (χ1v) is 11.4. The van der Waals surface area contributed by atoms with Crippen LogP contribution in [0.5, 0.6) is 17.2 Å². The normalized spacial score (nSPS) is 10.6. The van der Waals surface area contributed by atoms with Crippen LogP contribution in [0.1, 0.15) is 10.4 Å². The van der Waals surface area contributed by atoms with Gasteiger partial charge in [-0.2, -0.15) is 0 Å². The summed E-state index contributed by atoms with van der Waals surface area (Å²) in [4.78, 5) is 29.5. The monoisotopic (exact) mass is 513 g/mol. The van der Waals surface area contributed by atoms with E-state index in [-0.39, 0.29) is 5.56 Å². The number of rotatable bonds is 6. The number of aromatic nitrogens is 1. The molecule has 4 aromatic rings. The van der Waals surface area contributed by atoms with Gasteiger partial charge < -0.3 is 23.9 Å². The molecule has 4 rings (SSSR count). The predicted octanol–water partition coefficient (Wildman–Crippen LogP) is 5.78. The fourth-order valence-corrected chi connectivity index (χ4v) is 3.93. The number of benzene rings is 3. The minimum atomic E-state index is -0.610. The highest BCUT2D eigenvalue weighted by molar-refractivity contribution is 8.12. The van der Waals surface area contributed by atoms with Crippen molar-refractivity contribution >= 4 is 51.5 Å². The number of carbonyl (C=O) groups is 2. The van der Waals surface area contributed by atoms with Gasteiger partial charge in [0.2, 0.25) is 16.8 Å². The summed E-state index contributed by atoms with van der Waals surface area (Å²) in [7, 11) is 4.37. The van der Waals surface area contributed by atoms with E-state index in [9.17, 15) is 9.59 Å². The number of fused-ring (bicyclic) bond motifs is 1. The minimum Gasteiger partial charge on any atom is -0.493 e. The number of amides is 2. The third-order valence-electron chi connectivity index (χ3n) is 4.89. The number of halogens is 1. The SMILES string of the molecule is COc1cc(C(=O)SNC(=O)Nc2ccc(Cl)c(-c3nc4ccccc4o3)c2)cc(OC)c1OC. The number of carbonyl (C=O) groups excluding carboxylic acids is 2. The number of anilines is 1. The maximum atomic E-state index is 12.6. The smallest absolute Gasteiger partial charge is 0.329 e. The molecule has 0 aliphatic carbocycles. The first kappa shape index (κ1) is 24.2. The number of nitrogens with zero attached hydrogens (tertiary/aromatic N) is 1. The van der Waals surface area contributed by atoms with Crippen LogP contribution in [-0.2, 0) is 0 Å². The zero-order valence-electron chi connectivity index (χ0n) is 18.9. The molecule has 0 radical (unpaired) electrons. The van der Waals surface area contributed by atoms with Crippen molar-refractivity contribution in [1.82, 2.24) is 9.71 Å². The summed E-state index contributed by atoms with van der Waals surface area (Å²) in [5, 5.41) is 2.65. The highest BCUT2D eigenvalue weighted by atomic mass is 35.5. The lowest BCUT2D eigenvalue weighted by atomic mass is 10.2. The van der Waals surface area contributed by atoms with Crippen molar-refractivity contribution in [3.63, 3.8) is 0 Å². The topological polar surface area (TPSA) is 112 Å². The second-order valence-corrected chi connectivity index (χ2v) is 8.23. The van der Waals surface area contributed by atoms with E-state index < -0.39 is 11.1 Å². The molecule has 0 unspecified atom stereocenters. The Morgan fingerprint density at radius 1 is 0.971 bits per heavy atom. The maximum Gasteiger partial charge on any atom is 0.329 e. The maximum absolute atomic E-state index is 12.6. The molecule has 35 heavy (non-hydrogen) atoms. The zero-order chi connectivity index (χ0) is 24.9. The average Bonchev–Trinajstić information content (AvgIpc) is 3.31. The van der Waals surface area contributed by atoms with Crippen molar-refractivity contribution < 1.29 is 28.2 Å². The number of urea groups is 1. The van der Waals surface area contributed by atoms with Gasteiger partial charge in [-0.1, -0.05) is 23.7 Å². The Kier molecular flexibility index (Phi) is 7.33. The molecule has 0 aliphatic rings. The lowest BCUT2D eigenvalue weighted by Gasteiger charge is -2.13. The van der Waals surface area contributed by atoms with Crippen molar-refractivity contribution in [2.24, 2.45) is 0 Å². The van der Waals surface area contributed by atoms with Gasteiger partial charge in [-0.05, 0) is 42.5 Å². The molecule has 0 saturated carbocycles. The second-order valence-electron chi connectivity index (χ2n) is 7.04. The largest absolute Gasteiger partial charge is 0.493 e. The van der Waals surface area contributed by atoms with Crippen LogP contribution >= 0.6 is 23.5 Å². The average molecular weight is 514 g/mol. The molecule has 0 aliphatic heterocycles. The van der Waals surface area contributed by atoms with Crippen LogP contribution in [0.15, 0.2) is 59.0 Å². The van der Waals surface area contributed by atoms with Gasteiger partial charge in [0.25, 0.3) is 0 Å². The van der Waals surface area contributed by atoms with Gasteiger partial charge in [-0.25, -0.2) is 9.78 Å². The summed E-state index contributed by atoms with van der Waals surface area (Å²) in [6.45, 7) is 0. The quantitative estimate of drug-likeness (QED) is 0.312. The van der Waals surface area contributed by atoms with E-state index in [0.29, 0.717) is 62.5 Å². The summed E-state index contributed by atoms with van der Waals surface area (Å²) >= 11 is 6.94. The third-order valence-corrected chi connectivity index (χ3v) is 5.92. The number of methoxy groups -OCH3 is 3. The van der Waals surface area contributed by atoms with Gasteiger partial charge >= 0.3 is 6.03 Å². The standard InChI is InChI=1S/C24H20ClN3O6S/c1-31-19-10-13(11-20(32-2)21(19)33-3)23(29)35-28-24(30)26-14-8-9-16(25)15(12-14)22-27-17-6-4-5-7-18(17)34-22/h4-12H,1-3H3,(H2,26,28,30). The van der Waals surface area contributed by atoms with Crippen LogP contribution in [0, 0.1) is 0 Å². The third kappa shape index (κ3) is 5.28. The number of para-hydroxylation sites is 2. The van der Waals surface area contributed by atoms with Crippen molar-refractivity contribution in [3.8, 4) is 28.7 Å². The number of hydrogen-bond acceptors (Lipinski definition) is 8. The van der Waals surface area contributed by atoms with Crippen molar-refractivity contribution in [2.45, 2.75) is 0 Å². The summed E-state index contributed by atoms with van der Waals surface area (Å²) < 4.78 is 24.0. The molecular formula is C24H20ClN3O6S. The van der Waals surface area contributed by atoms with Gasteiger partial charge in [0.1, 0.15) is 5.52 Å². The number of oxazole rings is 1. The van der Waals surface area contributed by atoms with Gasteiger partial charge in [0.05, 0.1) is 31.9 Å². The highest BCUT2D eigenvalue weighted by Crippen LogP contribution is 2.39. The summed E-state index contributed by atoms with van der Waals surface area (Å²) in [6, 6.07) is 14.6. The van der Waals surface area contributed by atoms with E-state index >= 15 is 0 Å². The van der Waals surface area contributed by atoms with Crippen molar-refractivity contribution in [1.29, 1.82) is 0 Å². The van der Waals surface area contributed by atoms with Crippen LogP contribution in [0.25, 0.3) is 22.6 Å². The van der Waals surface area contributed by atoms with E-state index in [1.165, 1.54) is 33.5 Å². The Balaban J connectivity index is 1.45. The highest BCUT2D eigenvalue weighted by Gasteiger charge is 2.19. The van der Waals surface area contributed by atoms with Gasteiger partial charge in [0, 0.05) is 23.2 Å². The number of nitrogens with one attached hydrogen (secondary N) is 2. The van der Waals surface area contributed by atoms with Gasteiger partial charge in [-0.3, -0.25) is 9.52 Å². The van der Waals surface area contributed by atoms with Gasteiger partial charge in [0.15, 0.2) is 17.1 Å². The van der Waals surface area contributed by atoms with Crippen LogP contribution < -0.4 is 24.2 Å². The first-order chi connectivity index (χ1) is 16.9. The van der Waals surface area contributed by atoms with Crippen LogP contribution in [0.2, 0.25) is 5.02 Å². The Morgan fingerprint density at radius 3 is 2.34 bits per heavy atom. The van der Waals surface area contributed by atoms with Crippen LogP contribution in [0.3, 0.4) is 0 Å². The lowest BCUT2D eigenvalue weighted by molar-refractivity contribution is 0.108. The van der Waals surface area contributed by atoms with E-state index in [2.05, 4.69) is 15.0 Å². The molecule has 0 bridgehead atoms. The molecule has 1 aromatic heterocycles. The molecule has 0 atom stereocenters. The van der Waals surface area contributed by atoms with E-state index in [1.54, 1.807) is 24.3 Å². The Bertz CT molecular complexity index is 1350. The molecule has 9 nitrogen and oxygen atoms in total. The Labute approximate surface area is 209 Å². The van der Waals surface area contributed by atoms with E-state index in [1.807, 2.05) is 18.2 Å². The van der Waals surface area contributed by atoms with Crippen LogP contribution in [-0.4, -0.2) is 37.5 Å². The molecule has 0 fully saturated rings. The van der Waals surface area contributed by atoms with Crippen molar-refractivity contribution in [3.05, 3.63) is 65.2 Å². The molecule has 3 aromatic carbocycles. The zero-order valence-corrected chi connectivity index (χ0v) is 20.5. The van der Waals surface area contributed by atoms with Crippen molar-refractivity contribution in [2.75, 3.05) is 26.6 Å². The fraction of sp³-hybridized carbons (Fsp3) is 0.125. The molecule has 180 valence electrons. The van der Waals surface area contributed by atoms with Gasteiger partial charge in [-0.15, -0.1) is 0 Å². The molecule has 0 saturated heterocycles. The Hall–Kier alpha value is -3.89. The van der Waals surface area contributed by atoms with Crippen LogP contribution in [0.4, 0.5) is 10.5 Å². The molecule has 11 heteroatoms. The van der Waals surface area contributed by atoms with E-state index in [4.69, 9.17) is 30.2 Å². The minimum absolute atomic E-state index is 0.259. The summed E-state index contributed by atoms with van der Waals surface area (Å²) in [6.07, 6.45) is 0. The number of ether oxygens (including phenoxy) is 3. The second kappa shape index (κ2) is 10.6. The Morgan fingerprint density at radius 2 is 1.69 bits per heavy atom. The first-order valence-electron chi connectivity index (χ1n) is 10.2. The summed E-state index contributed by atoms with van der Waals surface area (Å²) in [5.74, 6) is 1.34. The number of hydrogen-bond donors (Lipinski definition) is 2. The molecule has 2 amide bonds. The lowest BCUT2D eigenvalue weighted by Crippen LogP contribution is -2.24. The molecule has 2 N–H and O–H groups in total. The molecular weight excluding hydrogens is 494 g/mol. The fourth-order valence-electron chi connectivity index (χ4n) is 3.26. The predicted molar refractivity (Wildman–Crippen MR) is 135 cm³/mol. The summed E-state index contributed by atoms with van der Waals surface area (Å²) in [5.41, 5.74) is 2.52. The molecule has 1 heterocycles. The van der Waals surface area contributed by atoms with E-state index in [0.717, 1.165) is 0 Å². The molecule has 0 spiro atoms.